The molecule has 1 N–H and O–H groups in total. The third-order valence-corrected chi connectivity index (χ3v) is 5.66. The molecule has 0 aromatic heterocycles. The molecule has 7 heteroatoms. The molecule has 1 atom stereocenters. The second-order valence-corrected chi connectivity index (χ2v) is 8.41. The predicted octanol–water partition coefficient (Wildman–Crippen LogP) is 3.19. The molecule has 1 aliphatic heterocycles. The molecular weight excluding hydrogens is 364 g/mol. The van der Waals surface area contributed by atoms with E-state index in [1.165, 1.54) is 6.26 Å². The Kier molecular flexibility index (Phi) is 5.34. The number of hydrogen-bond donors (Lipinski definition) is 1. The summed E-state index contributed by atoms with van der Waals surface area (Å²) in [4.78, 5) is 0. The molecule has 0 aliphatic carbocycles. The van der Waals surface area contributed by atoms with Gasteiger partial charge in [-0.05, 0) is 52.9 Å². The molecule has 1 aromatic rings. The number of rotatable bonds is 4. The predicted molar refractivity (Wildman–Crippen MR) is 86.8 cm³/mol. The maximum atomic E-state index is 11.6. The Balaban J connectivity index is 1.95. The monoisotopic (exact) mass is 380 g/mol. The van der Waals surface area contributed by atoms with Crippen LogP contribution >= 0.6 is 27.5 Å². The lowest BCUT2D eigenvalue weighted by molar-refractivity contribution is 0.277. The van der Waals surface area contributed by atoms with Crippen LogP contribution in [0.1, 0.15) is 12.8 Å². The third kappa shape index (κ3) is 4.35. The van der Waals surface area contributed by atoms with Gasteiger partial charge in [0.05, 0.1) is 6.26 Å². The first kappa shape index (κ1) is 16.1. The molecule has 1 heterocycles. The molecule has 0 radical (unpaired) electrons. The molecule has 0 saturated carbocycles. The van der Waals surface area contributed by atoms with Gasteiger partial charge in [-0.2, -0.15) is 0 Å². The van der Waals surface area contributed by atoms with Crippen LogP contribution in [-0.2, 0) is 10.0 Å². The highest BCUT2D eigenvalue weighted by Crippen LogP contribution is 2.27. The van der Waals surface area contributed by atoms with Gasteiger partial charge in [0, 0.05) is 34.8 Å². The topological polar surface area (TPSA) is 49.4 Å². The van der Waals surface area contributed by atoms with Crippen molar-refractivity contribution in [2.45, 2.75) is 12.8 Å². The normalized spacial score (nSPS) is 20.9. The number of anilines is 1. The largest absolute Gasteiger partial charge is 0.384 e. The summed E-state index contributed by atoms with van der Waals surface area (Å²) in [6, 6.07) is 5.58. The first-order chi connectivity index (χ1) is 9.36. The molecule has 1 unspecified atom stereocenters. The van der Waals surface area contributed by atoms with Gasteiger partial charge in [0.1, 0.15) is 0 Å². The van der Waals surface area contributed by atoms with E-state index in [0.717, 1.165) is 29.5 Å². The molecule has 2 rings (SSSR count). The van der Waals surface area contributed by atoms with Crippen LogP contribution in [0.5, 0.6) is 0 Å². The molecule has 0 amide bonds. The van der Waals surface area contributed by atoms with E-state index < -0.39 is 10.0 Å². The van der Waals surface area contributed by atoms with E-state index in [2.05, 4.69) is 21.2 Å². The Morgan fingerprint density at radius 2 is 2.25 bits per heavy atom. The maximum absolute atomic E-state index is 11.6. The second kappa shape index (κ2) is 6.64. The molecule has 20 heavy (non-hydrogen) atoms. The van der Waals surface area contributed by atoms with Gasteiger partial charge in [-0.3, -0.25) is 0 Å². The molecule has 0 spiro atoms. The van der Waals surface area contributed by atoms with E-state index >= 15 is 0 Å². The maximum Gasteiger partial charge on any atom is 0.211 e. The van der Waals surface area contributed by atoms with E-state index in [1.807, 2.05) is 18.2 Å². The number of hydrogen-bond acceptors (Lipinski definition) is 3. The highest BCUT2D eigenvalue weighted by atomic mass is 79.9. The lowest BCUT2D eigenvalue weighted by Gasteiger charge is -2.31. The van der Waals surface area contributed by atoms with Crippen molar-refractivity contribution in [2.75, 3.05) is 31.2 Å². The van der Waals surface area contributed by atoms with Gasteiger partial charge >= 0.3 is 0 Å². The molecule has 1 saturated heterocycles. The standard InChI is InChI=1S/C13H18BrClN2O2S/c1-20(18,19)17-6-2-3-10(9-17)8-16-13-7-11(15)4-5-12(13)14/h4-5,7,10,16H,2-3,6,8-9H2,1H3. The van der Waals surface area contributed by atoms with Gasteiger partial charge in [-0.25, -0.2) is 12.7 Å². The lowest BCUT2D eigenvalue weighted by Crippen LogP contribution is -2.41. The van der Waals surface area contributed by atoms with Gasteiger partial charge in [-0.15, -0.1) is 0 Å². The average molecular weight is 382 g/mol. The van der Waals surface area contributed by atoms with Gasteiger partial charge in [-0.1, -0.05) is 11.6 Å². The van der Waals surface area contributed by atoms with Crippen molar-refractivity contribution < 1.29 is 8.42 Å². The number of sulfonamides is 1. The number of piperidine rings is 1. The van der Waals surface area contributed by atoms with Crippen LogP contribution in [0.25, 0.3) is 0 Å². The first-order valence-electron chi connectivity index (χ1n) is 6.50. The summed E-state index contributed by atoms with van der Waals surface area (Å²) in [5, 5.41) is 4.02. The number of nitrogens with zero attached hydrogens (tertiary/aromatic N) is 1. The van der Waals surface area contributed by atoms with Crippen molar-refractivity contribution >= 4 is 43.2 Å². The highest BCUT2D eigenvalue weighted by molar-refractivity contribution is 9.10. The van der Waals surface area contributed by atoms with Crippen LogP contribution < -0.4 is 5.32 Å². The van der Waals surface area contributed by atoms with E-state index in [9.17, 15) is 8.42 Å². The highest BCUT2D eigenvalue weighted by Gasteiger charge is 2.25. The minimum atomic E-state index is -3.08. The number of halogens is 2. The van der Waals surface area contributed by atoms with E-state index in [1.54, 1.807) is 4.31 Å². The van der Waals surface area contributed by atoms with Crippen LogP contribution in [0, 0.1) is 5.92 Å². The summed E-state index contributed by atoms with van der Waals surface area (Å²) in [6.45, 7) is 1.96. The Labute approximate surface area is 133 Å². The van der Waals surface area contributed by atoms with Crippen molar-refractivity contribution in [3.63, 3.8) is 0 Å². The minimum Gasteiger partial charge on any atom is -0.384 e. The molecular formula is C13H18BrClN2O2S. The molecule has 1 aromatic carbocycles. The zero-order chi connectivity index (χ0) is 14.8. The molecule has 112 valence electrons. The minimum absolute atomic E-state index is 0.323. The molecule has 1 fully saturated rings. The molecule has 1 aliphatic rings. The Bertz CT molecular complexity index is 580. The van der Waals surface area contributed by atoms with Crippen LogP contribution in [0.15, 0.2) is 22.7 Å². The summed E-state index contributed by atoms with van der Waals surface area (Å²) in [5.41, 5.74) is 0.939. The SMILES string of the molecule is CS(=O)(=O)N1CCCC(CNc2cc(Cl)ccc2Br)C1. The summed E-state index contributed by atoms with van der Waals surface area (Å²) in [6.07, 6.45) is 3.23. The Hall–Kier alpha value is -0.300. The van der Waals surface area contributed by atoms with Gasteiger partial charge in [0.25, 0.3) is 0 Å². The Morgan fingerprint density at radius 3 is 2.95 bits per heavy atom. The summed E-state index contributed by atoms with van der Waals surface area (Å²) in [5.74, 6) is 0.323. The van der Waals surface area contributed by atoms with Crippen molar-refractivity contribution in [1.29, 1.82) is 0 Å². The van der Waals surface area contributed by atoms with Crippen LogP contribution in [-0.4, -0.2) is 38.6 Å². The van der Waals surface area contributed by atoms with E-state index in [-0.39, 0.29) is 0 Å². The smallest absolute Gasteiger partial charge is 0.211 e. The van der Waals surface area contributed by atoms with Gasteiger partial charge in [0.15, 0.2) is 0 Å². The first-order valence-corrected chi connectivity index (χ1v) is 9.52. The number of benzene rings is 1. The van der Waals surface area contributed by atoms with Gasteiger partial charge in [0.2, 0.25) is 10.0 Å². The van der Waals surface area contributed by atoms with Crippen LogP contribution in [0.2, 0.25) is 5.02 Å². The third-order valence-electron chi connectivity index (χ3n) is 3.46. The fourth-order valence-electron chi connectivity index (χ4n) is 2.38. The fraction of sp³-hybridized carbons (Fsp3) is 0.538. The quantitative estimate of drug-likeness (QED) is 0.871. The van der Waals surface area contributed by atoms with E-state index in [4.69, 9.17) is 11.6 Å². The zero-order valence-corrected chi connectivity index (χ0v) is 14.4. The average Bonchev–Trinajstić information content (AvgIpc) is 2.39. The van der Waals surface area contributed by atoms with E-state index in [0.29, 0.717) is 24.0 Å². The van der Waals surface area contributed by atoms with Crippen molar-refractivity contribution in [1.82, 2.24) is 4.31 Å². The van der Waals surface area contributed by atoms with Crippen LogP contribution in [0.4, 0.5) is 5.69 Å². The lowest BCUT2D eigenvalue weighted by atomic mass is 9.99. The summed E-state index contributed by atoms with van der Waals surface area (Å²) in [7, 11) is -3.08. The second-order valence-electron chi connectivity index (χ2n) is 5.13. The summed E-state index contributed by atoms with van der Waals surface area (Å²) >= 11 is 9.44. The van der Waals surface area contributed by atoms with Gasteiger partial charge < -0.3 is 5.32 Å². The van der Waals surface area contributed by atoms with Crippen molar-refractivity contribution in [3.05, 3.63) is 27.7 Å². The Morgan fingerprint density at radius 1 is 1.50 bits per heavy atom. The zero-order valence-electron chi connectivity index (χ0n) is 11.3. The molecule has 4 nitrogen and oxygen atoms in total. The number of nitrogens with one attached hydrogen (secondary N) is 1. The van der Waals surface area contributed by atoms with Crippen LogP contribution in [0.3, 0.4) is 0 Å². The molecule has 0 bridgehead atoms. The summed E-state index contributed by atoms with van der Waals surface area (Å²) < 4.78 is 25.7. The van der Waals surface area contributed by atoms with Crippen molar-refractivity contribution in [3.8, 4) is 0 Å². The van der Waals surface area contributed by atoms with Crippen molar-refractivity contribution in [2.24, 2.45) is 5.92 Å². The fourth-order valence-corrected chi connectivity index (χ4v) is 3.88.